The summed E-state index contributed by atoms with van der Waals surface area (Å²) in [6, 6.07) is 4.69. The van der Waals surface area contributed by atoms with Crippen LogP contribution in [0.4, 0.5) is 18.0 Å². The second kappa shape index (κ2) is 8.66. The van der Waals surface area contributed by atoms with Gasteiger partial charge in [0.15, 0.2) is 0 Å². The Labute approximate surface area is 154 Å². The minimum absolute atomic E-state index is 0.0770. The number of hydrogen-bond donors (Lipinski definition) is 1. The van der Waals surface area contributed by atoms with Crippen LogP contribution in [0.1, 0.15) is 30.3 Å². The van der Waals surface area contributed by atoms with Crippen molar-refractivity contribution in [2.24, 2.45) is 0 Å². The largest absolute Gasteiger partial charge is 0.416 e. The van der Waals surface area contributed by atoms with Crippen LogP contribution in [-0.2, 0) is 11.0 Å². The molecule has 1 heterocycles. The highest BCUT2D eigenvalue weighted by atomic mass is 32.2. The van der Waals surface area contributed by atoms with E-state index in [1.54, 1.807) is 9.80 Å². The predicted molar refractivity (Wildman–Crippen MR) is 94.7 cm³/mol. The molecule has 0 spiro atoms. The number of amides is 3. The van der Waals surface area contributed by atoms with Crippen molar-refractivity contribution in [1.82, 2.24) is 15.1 Å². The molecule has 1 aliphatic heterocycles. The topological polar surface area (TPSA) is 52.7 Å². The Morgan fingerprint density at radius 1 is 1.31 bits per heavy atom. The van der Waals surface area contributed by atoms with Crippen molar-refractivity contribution < 1.29 is 22.8 Å². The molecule has 3 amide bonds. The third-order valence-corrected chi connectivity index (χ3v) is 5.36. The SMILES string of the molecule is CCNC(=O)N(CC)CCN1C(=O)CS[C@@H]1c1ccc(C(F)(F)F)cc1. The Balaban J connectivity index is 2.07. The lowest BCUT2D eigenvalue weighted by Gasteiger charge is -2.28. The van der Waals surface area contributed by atoms with Gasteiger partial charge in [-0.1, -0.05) is 12.1 Å². The fraction of sp³-hybridized carbons (Fsp3) is 0.529. The molecule has 1 fully saturated rings. The Morgan fingerprint density at radius 3 is 2.50 bits per heavy atom. The highest BCUT2D eigenvalue weighted by molar-refractivity contribution is 8.00. The van der Waals surface area contributed by atoms with Crippen molar-refractivity contribution >= 4 is 23.7 Å². The number of carbonyl (C=O) groups excluding carboxylic acids is 2. The van der Waals surface area contributed by atoms with Crippen LogP contribution < -0.4 is 5.32 Å². The molecule has 0 aliphatic carbocycles. The third-order valence-electron chi connectivity index (χ3n) is 4.10. The molecule has 1 aromatic carbocycles. The molecule has 0 unspecified atom stereocenters. The fourth-order valence-electron chi connectivity index (χ4n) is 2.70. The molecule has 9 heteroatoms. The minimum Gasteiger partial charge on any atom is -0.338 e. The van der Waals surface area contributed by atoms with Crippen molar-refractivity contribution in [3.05, 3.63) is 35.4 Å². The molecule has 0 aromatic heterocycles. The Kier molecular flexibility index (Phi) is 6.80. The van der Waals surface area contributed by atoms with Crippen LogP contribution >= 0.6 is 11.8 Å². The lowest BCUT2D eigenvalue weighted by Crippen LogP contribution is -2.44. The summed E-state index contributed by atoms with van der Waals surface area (Å²) in [7, 11) is 0. The van der Waals surface area contributed by atoms with Gasteiger partial charge in [-0.3, -0.25) is 4.79 Å². The molecule has 2 rings (SSSR count). The van der Waals surface area contributed by atoms with E-state index in [4.69, 9.17) is 0 Å². The predicted octanol–water partition coefficient (Wildman–Crippen LogP) is 3.33. The van der Waals surface area contributed by atoms with Crippen molar-refractivity contribution in [3.63, 3.8) is 0 Å². The molecular formula is C17H22F3N3O2S. The van der Waals surface area contributed by atoms with Crippen LogP contribution in [0.5, 0.6) is 0 Å². The van der Waals surface area contributed by atoms with Crippen molar-refractivity contribution in [3.8, 4) is 0 Å². The van der Waals surface area contributed by atoms with E-state index < -0.39 is 11.7 Å². The van der Waals surface area contributed by atoms with Crippen LogP contribution in [-0.4, -0.2) is 53.7 Å². The number of carbonyl (C=O) groups is 2. The van der Waals surface area contributed by atoms with Gasteiger partial charge in [0.1, 0.15) is 5.37 Å². The number of urea groups is 1. The summed E-state index contributed by atoms with van der Waals surface area (Å²) >= 11 is 1.38. The van der Waals surface area contributed by atoms with Gasteiger partial charge in [0.2, 0.25) is 5.91 Å². The molecule has 1 aliphatic rings. The summed E-state index contributed by atoms with van der Waals surface area (Å²) in [6.45, 7) is 5.40. The first kappa shape index (κ1) is 20.4. The van der Waals surface area contributed by atoms with Crippen LogP contribution in [0.15, 0.2) is 24.3 Å². The summed E-state index contributed by atoms with van der Waals surface area (Å²) in [5.41, 5.74) is -0.0644. The number of nitrogens with one attached hydrogen (secondary N) is 1. The second-order valence-corrected chi connectivity index (χ2v) is 6.85. The Hall–Kier alpha value is -1.90. The summed E-state index contributed by atoms with van der Waals surface area (Å²) in [5.74, 6) is 0.200. The molecule has 1 N–H and O–H groups in total. The molecule has 0 radical (unpaired) electrons. The van der Waals surface area contributed by atoms with Gasteiger partial charge in [-0.25, -0.2) is 4.79 Å². The van der Waals surface area contributed by atoms with Crippen LogP contribution in [0.3, 0.4) is 0 Å². The summed E-state index contributed by atoms with van der Waals surface area (Å²) < 4.78 is 38.1. The van der Waals surface area contributed by atoms with Gasteiger partial charge in [0.05, 0.1) is 11.3 Å². The van der Waals surface area contributed by atoms with Gasteiger partial charge >= 0.3 is 12.2 Å². The van der Waals surface area contributed by atoms with E-state index in [1.807, 2.05) is 13.8 Å². The molecule has 1 saturated heterocycles. The standard InChI is InChI=1S/C17H22F3N3O2S/c1-3-21-16(25)22(4-2)9-10-23-14(24)11-26-15(23)12-5-7-13(8-6-12)17(18,19)20/h5-8,15H,3-4,9-11H2,1-2H3,(H,21,25)/t15-/m1/s1. The van der Waals surface area contributed by atoms with Gasteiger partial charge in [-0.05, 0) is 31.5 Å². The van der Waals surface area contributed by atoms with Gasteiger partial charge in [0, 0.05) is 26.2 Å². The normalized spacial score (nSPS) is 17.5. The molecule has 0 saturated carbocycles. The summed E-state index contributed by atoms with van der Waals surface area (Å²) in [5, 5.41) is 2.38. The molecule has 0 bridgehead atoms. The van der Waals surface area contributed by atoms with E-state index in [1.165, 1.54) is 23.9 Å². The number of thioether (sulfide) groups is 1. The minimum atomic E-state index is -4.38. The van der Waals surface area contributed by atoms with Crippen LogP contribution in [0, 0.1) is 0 Å². The first-order valence-electron chi connectivity index (χ1n) is 8.39. The summed E-state index contributed by atoms with van der Waals surface area (Å²) in [6.07, 6.45) is -4.38. The number of nitrogens with zero attached hydrogens (tertiary/aromatic N) is 2. The van der Waals surface area contributed by atoms with E-state index in [-0.39, 0.29) is 23.1 Å². The number of likely N-dealkylation sites (N-methyl/N-ethyl adjacent to an activating group) is 1. The number of rotatable bonds is 6. The second-order valence-electron chi connectivity index (χ2n) is 5.79. The molecule has 1 atom stereocenters. The van der Waals surface area contributed by atoms with E-state index in [0.717, 1.165) is 12.1 Å². The van der Waals surface area contributed by atoms with Crippen molar-refractivity contribution in [2.45, 2.75) is 25.4 Å². The smallest absolute Gasteiger partial charge is 0.338 e. The number of halogens is 3. The monoisotopic (exact) mass is 389 g/mol. The van der Waals surface area contributed by atoms with E-state index in [9.17, 15) is 22.8 Å². The van der Waals surface area contributed by atoms with E-state index >= 15 is 0 Å². The molecular weight excluding hydrogens is 367 g/mol. The first-order chi connectivity index (χ1) is 12.3. The first-order valence-corrected chi connectivity index (χ1v) is 9.43. The van der Waals surface area contributed by atoms with Crippen LogP contribution in [0.25, 0.3) is 0 Å². The van der Waals surface area contributed by atoms with Gasteiger partial charge in [-0.15, -0.1) is 11.8 Å². The lowest BCUT2D eigenvalue weighted by atomic mass is 10.1. The molecule has 26 heavy (non-hydrogen) atoms. The van der Waals surface area contributed by atoms with E-state index in [0.29, 0.717) is 31.7 Å². The quantitative estimate of drug-likeness (QED) is 0.812. The zero-order chi connectivity index (χ0) is 19.3. The molecule has 1 aromatic rings. The maximum Gasteiger partial charge on any atom is 0.416 e. The summed E-state index contributed by atoms with van der Waals surface area (Å²) in [4.78, 5) is 27.4. The zero-order valence-electron chi connectivity index (χ0n) is 14.7. The third kappa shape index (κ3) is 4.84. The number of hydrogen-bond acceptors (Lipinski definition) is 3. The van der Waals surface area contributed by atoms with Crippen LogP contribution in [0.2, 0.25) is 0 Å². The van der Waals surface area contributed by atoms with Crippen molar-refractivity contribution in [1.29, 1.82) is 0 Å². The lowest BCUT2D eigenvalue weighted by molar-refractivity contribution is -0.137. The average molecular weight is 389 g/mol. The van der Waals surface area contributed by atoms with E-state index in [2.05, 4.69) is 5.32 Å². The zero-order valence-corrected chi connectivity index (χ0v) is 15.5. The van der Waals surface area contributed by atoms with Gasteiger partial charge < -0.3 is 15.1 Å². The number of benzene rings is 1. The highest BCUT2D eigenvalue weighted by Gasteiger charge is 2.34. The van der Waals surface area contributed by atoms with Gasteiger partial charge in [0.25, 0.3) is 0 Å². The molecule has 144 valence electrons. The highest BCUT2D eigenvalue weighted by Crippen LogP contribution is 2.39. The van der Waals surface area contributed by atoms with Gasteiger partial charge in [-0.2, -0.15) is 13.2 Å². The molecule has 5 nitrogen and oxygen atoms in total. The fourth-order valence-corrected chi connectivity index (χ4v) is 3.92. The average Bonchev–Trinajstić information content (AvgIpc) is 2.96. The van der Waals surface area contributed by atoms with Crippen molar-refractivity contribution in [2.75, 3.05) is 31.9 Å². The maximum atomic E-state index is 12.7. The number of alkyl halides is 3. The Bertz CT molecular complexity index is 637. The Morgan fingerprint density at radius 2 is 1.96 bits per heavy atom. The maximum absolute atomic E-state index is 12.7.